The molecule has 6 nitrogen and oxygen atoms in total. The van der Waals surface area contributed by atoms with Crippen LogP contribution in [0.3, 0.4) is 0 Å². The van der Waals surface area contributed by atoms with E-state index in [1.807, 2.05) is 65.6 Å². The molecule has 0 aliphatic carbocycles. The largest absolute Gasteiger partial charge is 0.457 e. The number of ether oxygens (including phenoxy) is 1. The predicted molar refractivity (Wildman–Crippen MR) is 127 cm³/mol. The van der Waals surface area contributed by atoms with E-state index in [1.165, 1.54) is 11.8 Å². The summed E-state index contributed by atoms with van der Waals surface area (Å²) in [7, 11) is -3.13. The highest BCUT2D eigenvalue weighted by atomic mass is 32.2. The quantitative estimate of drug-likeness (QED) is 0.570. The molecule has 0 unspecified atom stereocenters. The van der Waals surface area contributed by atoms with Crippen LogP contribution >= 0.6 is 11.8 Å². The molecule has 162 valence electrons. The number of anilines is 1. The van der Waals surface area contributed by atoms with Crippen LogP contribution in [0.25, 0.3) is 0 Å². The lowest BCUT2D eigenvalue weighted by Gasteiger charge is -2.24. The molecule has 32 heavy (non-hydrogen) atoms. The second-order valence-corrected chi connectivity index (χ2v) is 11.0. The molecular formula is C24H20N2O4S2. The average molecular weight is 465 g/mol. The molecule has 0 N–H and O–H groups in total. The van der Waals surface area contributed by atoms with E-state index in [1.54, 1.807) is 24.3 Å². The molecule has 2 atom stereocenters. The van der Waals surface area contributed by atoms with E-state index < -0.39 is 9.84 Å². The topological polar surface area (TPSA) is 76.0 Å². The molecule has 0 radical (unpaired) electrons. The van der Waals surface area contributed by atoms with Crippen LogP contribution in [-0.4, -0.2) is 42.3 Å². The molecule has 2 aliphatic heterocycles. The molecule has 2 aliphatic rings. The number of benzene rings is 3. The number of amidine groups is 1. The Bertz CT molecular complexity index is 1260. The highest BCUT2D eigenvalue weighted by molar-refractivity contribution is 8.16. The maximum absolute atomic E-state index is 12.7. The van der Waals surface area contributed by atoms with Crippen LogP contribution < -0.4 is 9.64 Å². The van der Waals surface area contributed by atoms with Gasteiger partial charge in [0.05, 0.1) is 17.5 Å². The number of carbonyl (C=O) groups excluding carboxylic acids is 1. The third-order valence-corrected chi connectivity index (χ3v) is 8.59. The van der Waals surface area contributed by atoms with Gasteiger partial charge in [-0.05, 0) is 48.5 Å². The van der Waals surface area contributed by atoms with Gasteiger partial charge in [-0.3, -0.25) is 4.79 Å². The van der Waals surface area contributed by atoms with Gasteiger partial charge in [0.15, 0.2) is 15.0 Å². The minimum absolute atomic E-state index is 0.0471. The fraction of sp³-hybridized carbons (Fsp3) is 0.167. The van der Waals surface area contributed by atoms with Crippen molar-refractivity contribution in [3.8, 4) is 11.5 Å². The fourth-order valence-electron chi connectivity index (χ4n) is 3.90. The predicted octanol–water partition coefficient (Wildman–Crippen LogP) is 4.39. The number of amides is 1. The third kappa shape index (κ3) is 4.28. The van der Waals surface area contributed by atoms with Gasteiger partial charge in [-0.25, -0.2) is 8.42 Å². The number of para-hydroxylation sites is 1. The van der Waals surface area contributed by atoms with Crippen molar-refractivity contribution in [1.82, 2.24) is 0 Å². The number of aliphatic imine (C=N–C) groups is 1. The fourth-order valence-corrected chi connectivity index (χ4v) is 7.81. The van der Waals surface area contributed by atoms with Crippen molar-refractivity contribution in [2.24, 2.45) is 4.99 Å². The second-order valence-electron chi connectivity index (χ2n) is 7.65. The van der Waals surface area contributed by atoms with Crippen molar-refractivity contribution in [1.29, 1.82) is 0 Å². The molecule has 8 heteroatoms. The van der Waals surface area contributed by atoms with Crippen LogP contribution in [-0.2, 0) is 9.84 Å². The molecule has 3 aromatic carbocycles. The van der Waals surface area contributed by atoms with Crippen molar-refractivity contribution in [3.63, 3.8) is 0 Å². The molecule has 2 fully saturated rings. The number of hydrogen-bond acceptors (Lipinski definition) is 5. The first-order chi connectivity index (χ1) is 15.5. The maximum atomic E-state index is 12.7. The zero-order valence-corrected chi connectivity index (χ0v) is 18.6. The summed E-state index contributed by atoms with van der Waals surface area (Å²) in [6.07, 6.45) is 0. The van der Waals surface area contributed by atoms with Crippen LogP contribution in [0.5, 0.6) is 11.5 Å². The van der Waals surface area contributed by atoms with E-state index in [0.29, 0.717) is 16.5 Å². The number of nitrogens with zero attached hydrogens (tertiary/aromatic N) is 2. The number of sulfone groups is 1. The highest BCUT2D eigenvalue weighted by Gasteiger charge is 2.49. The number of hydrogen-bond donors (Lipinski definition) is 0. The Labute approximate surface area is 190 Å². The van der Waals surface area contributed by atoms with Gasteiger partial charge in [0, 0.05) is 16.5 Å². The van der Waals surface area contributed by atoms with Gasteiger partial charge in [0.25, 0.3) is 5.91 Å². The van der Waals surface area contributed by atoms with E-state index in [4.69, 9.17) is 4.74 Å². The first-order valence-corrected chi connectivity index (χ1v) is 12.9. The Kier molecular flexibility index (Phi) is 5.48. The van der Waals surface area contributed by atoms with Gasteiger partial charge in [-0.1, -0.05) is 48.2 Å². The molecule has 5 rings (SSSR count). The molecule has 0 bridgehead atoms. The summed E-state index contributed by atoms with van der Waals surface area (Å²) in [4.78, 5) is 19.0. The smallest absolute Gasteiger partial charge is 0.279 e. The zero-order valence-electron chi connectivity index (χ0n) is 17.0. The van der Waals surface area contributed by atoms with Gasteiger partial charge < -0.3 is 9.64 Å². The van der Waals surface area contributed by atoms with E-state index >= 15 is 0 Å². The lowest BCUT2D eigenvalue weighted by Crippen LogP contribution is -2.37. The second kappa shape index (κ2) is 8.44. The Morgan fingerprint density at radius 3 is 2.19 bits per heavy atom. The van der Waals surface area contributed by atoms with Gasteiger partial charge in [0.2, 0.25) is 0 Å². The first kappa shape index (κ1) is 20.8. The summed E-state index contributed by atoms with van der Waals surface area (Å²) in [5, 5.41) is 0.378. The molecule has 3 aromatic rings. The van der Waals surface area contributed by atoms with Crippen molar-refractivity contribution in [2.75, 3.05) is 16.4 Å². The maximum Gasteiger partial charge on any atom is 0.279 e. The Hall–Kier alpha value is -3.10. The van der Waals surface area contributed by atoms with E-state index in [-0.39, 0.29) is 28.7 Å². The number of carbonyl (C=O) groups is 1. The standard InChI is InChI=1S/C24H20N2O4S2/c27-23(17-7-3-1-4-8-17)25-24-26(21-15-32(28,29)16-22(21)31-24)18-11-13-20(14-12-18)30-19-9-5-2-6-10-19/h1-14,21-22H,15-16H2/t21-,22+/m0/s1. The van der Waals surface area contributed by atoms with Crippen LogP contribution in [0.4, 0.5) is 5.69 Å². The lowest BCUT2D eigenvalue weighted by molar-refractivity contribution is 0.100. The molecule has 2 heterocycles. The van der Waals surface area contributed by atoms with Crippen molar-refractivity contribution < 1.29 is 17.9 Å². The average Bonchev–Trinajstić information content (AvgIpc) is 3.26. The van der Waals surface area contributed by atoms with Gasteiger partial charge in [0.1, 0.15) is 11.5 Å². The van der Waals surface area contributed by atoms with E-state index in [2.05, 4.69) is 4.99 Å². The van der Waals surface area contributed by atoms with Crippen LogP contribution in [0.15, 0.2) is 89.9 Å². The molecule has 0 aromatic heterocycles. The molecule has 0 saturated carbocycles. The van der Waals surface area contributed by atoms with Crippen LogP contribution in [0, 0.1) is 0 Å². The summed E-state index contributed by atoms with van der Waals surface area (Å²) in [5.74, 6) is 1.19. The minimum Gasteiger partial charge on any atom is -0.457 e. The van der Waals surface area contributed by atoms with Gasteiger partial charge in [-0.2, -0.15) is 4.99 Å². The highest BCUT2D eigenvalue weighted by Crippen LogP contribution is 2.41. The van der Waals surface area contributed by atoms with Crippen molar-refractivity contribution in [3.05, 3.63) is 90.5 Å². The lowest BCUT2D eigenvalue weighted by atomic mass is 10.2. The number of rotatable bonds is 4. The first-order valence-electron chi connectivity index (χ1n) is 10.2. The number of fused-ring (bicyclic) bond motifs is 1. The van der Waals surface area contributed by atoms with Crippen LogP contribution in [0.2, 0.25) is 0 Å². The van der Waals surface area contributed by atoms with Gasteiger partial charge in [-0.15, -0.1) is 0 Å². The summed E-state index contributed by atoms with van der Waals surface area (Å²) in [6.45, 7) is 0. The van der Waals surface area contributed by atoms with E-state index in [0.717, 1.165) is 11.4 Å². The minimum atomic E-state index is -3.13. The zero-order chi connectivity index (χ0) is 22.1. The Balaban J connectivity index is 1.45. The van der Waals surface area contributed by atoms with Gasteiger partial charge >= 0.3 is 0 Å². The summed E-state index contributed by atoms with van der Waals surface area (Å²) in [6, 6.07) is 25.5. The summed E-state index contributed by atoms with van der Waals surface area (Å²) < 4.78 is 30.4. The third-order valence-electron chi connectivity index (χ3n) is 5.38. The monoisotopic (exact) mass is 464 g/mol. The normalized spacial score (nSPS) is 22.6. The SMILES string of the molecule is O=C(N=C1S[C@@H]2CS(=O)(=O)C[C@@H]2N1c1ccc(Oc2ccccc2)cc1)c1ccccc1. The molecule has 0 spiro atoms. The molecule has 1 amide bonds. The van der Waals surface area contributed by atoms with E-state index in [9.17, 15) is 13.2 Å². The van der Waals surface area contributed by atoms with Crippen LogP contribution in [0.1, 0.15) is 10.4 Å². The molecular weight excluding hydrogens is 444 g/mol. The Morgan fingerprint density at radius 1 is 0.875 bits per heavy atom. The summed E-state index contributed by atoms with van der Waals surface area (Å²) in [5.41, 5.74) is 1.28. The number of thioether (sulfide) groups is 1. The summed E-state index contributed by atoms with van der Waals surface area (Å²) >= 11 is 1.36. The Morgan fingerprint density at radius 2 is 1.50 bits per heavy atom. The van der Waals surface area contributed by atoms with Crippen molar-refractivity contribution in [2.45, 2.75) is 11.3 Å². The molecule has 2 saturated heterocycles. The van der Waals surface area contributed by atoms with Crippen molar-refractivity contribution >= 4 is 38.4 Å².